The monoisotopic (exact) mass is 498 g/mol. The lowest BCUT2D eigenvalue weighted by Crippen LogP contribution is -2.18. The molecule has 6 heteroatoms. The van der Waals surface area contributed by atoms with Crippen LogP contribution in [0.5, 0.6) is 0 Å². The first-order chi connectivity index (χ1) is 16.9. The third kappa shape index (κ3) is 6.41. The summed E-state index contributed by atoms with van der Waals surface area (Å²) < 4.78 is 1.46. The zero-order valence-corrected chi connectivity index (χ0v) is 19.6. The topological polar surface area (TPSA) is 91.9 Å². The quantitative estimate of drug-likeness (QED) is 0.168. The summed E-state index contributed by atoms with van der Waals surface area (Å²) in [6, 6.07) is 26.1. The Kier molecular flexibility index (Phi) is 9.72. The number of carbonyl (C=O) groups is 1. The Morgan fingerprint density at radius 1 is 0.892 bits per heavy atom. The second-order valence-corrected chi connectivity index (χ2v) is 8.53. The molecule has 1 aromatic heterocycles. The van der Waals surface area contributed by atoms with Crippen molar-refractivity contribution in [3.63, 3.8) is 0 Å². The van der Waals surface area contributed by atoms with Crippen molar-refractivity contribution in [2.45, 2.75) is 34.1 Å². The molecule has 0 radical (unpaired) electrons. The van der Waals surface area contributed by atoms with E-state index in [0.29, 0.717) is 17.7 Å². The van der Waals surface area contributed by atoms with Gasteiger partial charge in [0.15, 0.2) is 0 Å². The fourth-order valence-electron chi connectivity index (χ4n) is 4.30. The lowest BCUT2D eigenvalue weighted by atomic mass is 9.83. The first-order valence-corrected chi connectivity index (χ1v) is 11.2. The normalized spacial score (nSPS) is 11.7. The van der Waals surface area contributed by atoms with Gasteiger partial charge in [0.25, 0.3) is 0 Å². The largest absolute Gasteiger partial charge is 0.478 e. The van der Waals surface area contributed by atoms with E-state index in [-0.39, 0.29) is 31.9 Å². The van der Waals surface area contributed by atoms with Crippen molar-refractivity contribution in [2.75, 3.05) is 0 Å². The molecule has 1 unspecified atom stereocenters. The van der Waals surface area contributed by atoms with Crippen molar-refractivity contribution in [1.82, 2.24) is 4.57 Å². The van der Waals surface area contributed by atoms with Crippen LogP contribution in [0.2, 0.25) is 0 Å². The molecule has 4 rings (SSSR count). The van der Waals surface area contributed by atoms with Crippen LogP contribution in [0.3, 0.4) is 0 Å². The van der Waals surface area contributed by atoms with Gasteiger partial charge >= 0.3 is 5.97 Å². The number of carboxylic acids is 1. The first-order valence-electron chi connectivity index (χ1n) is 11.2. The molecule has 0 aliphatic carbocycles. The number of rotatable bonds is 7. The maximum Gasteiger partial charge on any atom is 0.335 e. The summed E-state index contributed by atoms with van der Waals surface area (Å²) in [7, 11) is 1.66. The number of pyridine rings is 1. The number of aryl methyl sites for hydroxylation is 2. The molecule has 1 heterocycles. The molecular formula is C31H34N2O4. The van der Waals surface area contributed by atoms with Gasteiger partial charge in [0, 0.05) is 37.2 Å². The van der Waals surface area contributed by atoms with Crippen molar-refractivity contribution < 1.29 is 15.1 Å². The van der Waals surface area contributed by atoms with Crippen LogP contribution in [0.1, 0.15) is 59.8 Å². The van der Waals surface area contributed by atoms with Crippen molar-refractivity contribution in [3.8, 4) is 11.1 Å². The maximum absolute atomic E-state index is 11.8. The number of aromatic carboxylic acids is 1. The average molecular weight is 499 g/mol. The van der Waals surface area contributed by atoms with Crippen LogP contribution >= 0.6 is 0 Å². The van der Waals surface area contributed by atoms with E-state index in [1.807, 2.05) is 42.5 Å². The number of benzene rings is 3. The molecule has 0 saturated heterocycles. The summed E-state index contributed by atoms with van der Waals surface area (Å²) in [5.74, 6) is -1.06. The predicted molar refractivity (Wildman–Crippen MR) is 150 cm³/mol. The van der Waals surface area contributed by atoms with Crippen molar-refractivity contribution >= 4 is 11.7 Å². The Morgan fingerprint density at radius 3 is 2.22 bits per heavy atom. The van der Waals surface area contributed by atoms with Crippen LogP contribution in [0.25, 0.3) is 11.1 Å². The molecule has 0 aliphatic rings. The maximum atomic E-state index is 11.8. The third-order valence-electron chi connectivity index (χ3n) is 6.26. The van der Waals surface area contributed by atoms with Crippen LogP contribution in [0.15, 0.2) is 101 Å². The Balaban J connectivity index is 0.00000241. The van der Waals surface area contributed by atoms with Gasteiger partial charge in [-0.1, -0.05) is 80.7 Å². The molecule has 2 N–H and O–H groups in total. The highest BCUT2D eigenvalue weighted by Gasteiger charge is 2.21. The molecule has 4 aromatic rings. The predicted octanol–water partition coefficient (Wildman–Crippen LogP) is 6.73. The zero-order chi connectivity index (χ0) is 24.9. The molecule has 0 saturated carbocycles. The van der Waals surface area contributed by atoms with Crippen LogP contribution in [-0.4, -0.2) is 26.6 Å². The fourth-order valence-corrected chi connectivity index (χ4v) is 4.30. The minimum absolute atomic E-state index is 0. The molecule has 0 spiro atoms. The summed E-state index contributed by atoms with van der Waals surface area (Å²) in [4.78, 5) is 23.2. The van der Waals surface area contributed by atoms with Gasteiger partial charge < -0.3 is 14.9 Å². The highest BCUT2D eigenvalue weighted by molar-refractivity contribution is 6.00. The second-order valence-electron chi connectivity index (χ2n) is 8.53. The number of hydrogen-bond donors (Lipinski definition) is 2. The molecule has 0 fully saturated rings. The van der Waals surface area contributed by atoms with Crippen molar-refractivity contribution in [3.05, 3.63) is 129 Å². The number of aromatic nitrogens is 1. The van der Waals surface area contributed by atoms with Crippen LogP contribution in [0.4, 0.5) is 0 Å². The Morgan fingerprint density at radius 2 is 1.59 bits per heavy atom. The van der Waals surface area contributed by atoms with Crippen molar-refractivity contribution in [2.24, 2.45) is 12.2 Å². The van der Waals surface area contributed by atoms with Gasteiger partial charge in [0.2, 0.25) is 5.56 Å². The van der Waals surface area contributed by atoms with E-state index < -0.39 is 5.97 Å². The van der Waals surface area contributed by atoms with E-state index in [1.54, 1.807) is 37.5 Å². The lowest BCUT2D eigenvalue weighted by molar-refractivity contribution is 0.0697. The molecule has 0 amide bonds. The number of oxime groups is 1. The van der Waals surface area contributed by atoms with Gasteiger partial charge in [-0.05, 0) is 52.9 Å². The summed E-state index contributed by atoms with van der Waals surface area (Å²) in [5, 5.41) is 22.8. The molecule has 3 aromatic carbocycles. The Labute approximate surface area is 218 Å². The van der Waals surface area contributed by atoms with E-state index in [4.69, 9.17) is 0 Å². The van der Waals surface area contributed by atoms with Crippen LogP contribution in [0, 0.1) is 6.92 Å². The van der Waals surface area contributed by atoms with E-state index in [1.165, 1.54) is 10.6 Å². The third-order valence-corrected chi connectivity index (χ3v) is 6.26. The molecule has 37 heavy (non-hydrogen) atoms. The van der Waals surface area contributed by atoms with E-state index in [0.717, 1.165) is 27.8 Å². The molecule has 1 atom stereocenters. The zero-order valence-electron chi connectivity index (χ0n) is 19.6. The molecule has 0 bridgehead atoms. The standard InChI is InChI=1S/C29H26N2O4.2CH4/c1-19-6-3-4-9-25(19)26(17-27(30-35)24-14-15-28(32)31(2)18-24)21-12-10-20(11-13-21)22-7-5-8-23(16-22)29(33)34;;/h3-16,18,26,35H,17H2,1-2H3,(H,33,34);2*1H4/b30-27+;;. The van der Waals surface area contributed by atoms with Gasteiger partial charge in [-0.15, -0.1) is 0 Å². The molecule has 6 nitrogen and oxygen atoms in total. The number of hydrogen-bond acceptors (Lipinski definition) is 4. The minimum Gasteiger partial charge on any atom is -0.478 e. The van der Waals surface area contributed by atoms with Crippen molar-refractivity contribution in [1.29, 1.82) is 0 Å². The first kappa shape index (κ1) is 28.8. The number of nitrogens with zero attached hydrogens (tertiary/aromatic N) is 2. The summed E-state index contributed by atoms with van der Waals surface area (Å²) >= 11 is 0. The number of carboxylic acid groups (broad SMARTS) is 1. The van der Waals surface area contributed by atoms with Gasteiger partial charge in [0.1, 0.15) is 0 Å². The summed E-state index contributed by atoms with van der Waals surface area (Å²) in [6.45, 7) is 2.05. The van der Waals surface area contributed by atoms with Crippen LogP contribution < -0.4 is 5.56 Å². The van der Waals surface area contributed by atoms with Crippen LogP contribution in [-0.2, 0) is 7.05 Å². The van der Waals surface area contributed by atoms with Gasteiger partial charge in [-0.25, -0.2) is 4.79 Å². The van der Waals surface area contributed by atoms with E-state index in [9.17, 15) is 19.9 Å². The minimum atomic E-state index is -0.961. The smallest absolute Gasteiger partial charge is 0.335 e. The average Bonchev–Trinajstić information content (AvgIpc) is 2.87. The van der Waals surface area contributed by atoms with E-state index >= 15 is 0 Å². The highest BCUT2D eigenvalue weighted by Crippen LogP contribution is 2.33. The summed E-state index contributed by atoms with van der Waals surface area (Å²) in [6.07, 6.45) is 2.10. The van der Waals surface area contributed by atoms with Gasteiger partial charge in [-0.3, -0.25) is 4.79 Å². The molecular weight excluding hydrogens is 464 g/mol. The fraction of sp³-hybridized carbons (Fsp3) is 0.194. The molecule has 0 aliphatic heterocycles. The second kappa shape index (κ2) is 12.5. The molecule has 192 valence electrons. The van der Waals surface area contributed by atoms with E-state index in [2.05, 4.69) is 24.2 Å². The lowest BCUT2D eigenvalue weighted by Gasteiger charge is -2.21. The van der Waals surface area contributed by atoms with Gasteiger partial charge in [-0.2, -0.15) is 0 Å². The summed E-state index contributed by atoms with van der Waals surface area (Å²) in [5.41, 5.74) is 6.26. The van der Waals surface area contributed by atoms with Gasteiger partial charge in [0.05, 0.1) is 11.3 Å². The highest BCUT2D eigenvalue weighted by atomic mass is 16.4. The Bertz CT molecular complexity index is 1450. The SMILES string of the molecule is C.C.Cc1ccccc1C(C/C(=N\O)c1ccc(=O)n(C)c1)c1ccc(-c2cccc(C(=O)O)c2)cc1. The Hall–Kier alpha value is -4.45.